The van der Waals surface area contributed by atoms with Crippen LogP contribution in [0.25, 0.3) is 0 Å². The Morgan fingerprint density at radius 2 is 2.29 bits per heavy atom. The van der Waals surface area contributed by atoms with Gasteiger partial charge in [0.1, 0.15) is 0 Å². The molecule has 1 aromatic heterocycles. The van der Waals surface area contributed by atoms with Crippen molar-refractivity contribution >= 4 is 11.7 Å². The van der Waals surface area contributed by atoms with Crippen LogP contribution < -0.4 is 10.5 Å². The molecule has 76 valence electrons. The van der Waals surface area contributed by atoms with Crippen LogP contribution in [0, 0.1) is 0 Å². The Kier molecular flexibility index (Phi) is 3.28. The van der Waals surface area contributed by atoms with Gasteiger partial charge in [-0.25, -0.2) is 9.78 Å². The Bertz CT molecular complexity index is 339. The maximum absolute atomic E-state index is 11.2. The van der Waals surface area contributed by atoms with Gasteiger partial charge in [0.05, 0.1) is 19.4 Å². The van der Waals surface area contributed by atoms with Crippen LogP contribution >= 0.6 is 0 Å². The van der Waals surface area contributed by atoms with Crippen molar-refractivity contribution < 1.29 is 14.3 Å². The van der Waals surface area contributed by atoms with Crippen LogP contribution in [0.4, 0.5) is 5.69 Å². The van der Waals surface area contributed by atoms with Crippen molar-refractivity contribution in [3.05, 3.63) is 17.8 Å². The quantitative estimate of drug-likeness (QED) is 0.725. The van der Waals surface area contributed by atoms with E-state index < -0.39 is 5.97 Å². The van der Waals surface area contributed by atoms with Crippen molar-refractivity contribution in [1.82, 2.24) is 4.98 Å². The maximum Gasteiger partial charge on any atom is 0.357 e. The minimum atomic E-state index is -0.481. The Morgan fingerprint density at radius 3 is 2.86 bits per heavy atom. The first-order valence-electron chi connectivity index (χ1n) is 4.16. The van der Waals surface area contributed by atoms with Crippen molar-refractivity contribution in [2.45, 2.75) is 6.92 Å². The standard InChI is InChI=1S/C9H12N2O3/c1-3-14-9(12)7-5-4-6(10)8(11-7)13-2/h4-5H,3,10H2,1-2H3. The molecule has 1 aromatic rings. The average Bonchev–Trinajstić information content (AvgIpc) is 2.19. The summed E-state index contributed by atoms with van der Waals surface area (Å²) in [7, 11) is 1.44. The van der Waals surface area contributed by atoms with E-state index in [-0.39, 0.29) is 11.6 Å². The van der Waals surface area contributed by atoms with Gasteiger partial charge < -0.3 is 15.2 Å². The molecule has 5 nitrogen and oxygen atoms in total. The van der Waals surface area contributed by atoms with Crippen molar-refractivity contribution in [3.8, 4) is 5.88 Å². The van der Waals surface area contributed by atoms with Gasteiger partial charge in [0.15, 0.2) is 5.69 Å². The zero-order valence-electron chi connectivity index (χ0n) is 8.11. The number of anilines is 1. The number of rotatable bonds is 3. The summed E-state index contributed by atoms with van der Waals surface area (Å²) >= 11 is 0. The molecule has 0 aliphatic rings. The van der Waals surface area contributed by atoms with E-state index in [0.29, 0.717) is 12.3 Å². The van der Waals surface area contributed by atoms with E-state index in [1.54, 1.807) is 13.0 Å². The predicted octanol–water partition coefficient (Wildman–Crippen LogP) is 0.849. The van der Waals surface area contributed by atoms with Crippen molar-refractivity contribution in [2.75, 3.05) is 19.5 Å². The number of esters is 1. The number of nitrogens with two attached hydrogens (primary N) is 1. The number of pyridine rings is 1. The molecule has 0 aromatic carbocycles. The normalized spacial score (nSPS) is 9.57. The van der Waals surface area contributed by atoms with Crippen LogP contribution in [-0.4, -0.2) is 24.7 Å². The van der Waals surface area contributed by atoms with Crippen LogP contribution in [0.5, 0.6) is 5.88 Å². The molecule has 0 saturated carbocycles. The lowest BCUT2D eigenvalue weighted by Crippen LogP contribution is -2.08. The molecule has 0 radical (unpaired) electrons. The third-order valence-electron chi connectivity index (χ3n) is 1.57. The molecule has 0 bridgehead atoms. The van der Waals surface area contributed by atoms with E-state index >= 15 is 0 Å². The second-order valence-corrected chi connectivity index (χ2v) is 2.52. The summed E-state index contributed by atoms with van der Waals surface area (Å²) in [6.45, 7) is 2.04. The fourth-order valence-corrected chi connectivity index (χ4v) is 0.933. The van der Waals surface area contributed by atoms with Crippen molar-refractivity contribution in [3.63, 3.8) is 0 Å². The highest BCUT2D eigenvalue weighted by atomic mass is 16.5. The Balaban J connectivity index is 2.94. The van der Waals surface area contributed by atoms with E-state index in [1.807, 2.05) is 0 Å². The summed E-state index contributed by atoms with van der Waals surface area (Å²) in [6.07, 6.45) is 0. The Morgan fingerprint density at radius 1 is 1.57 bits per heavy atom. The highest BCUT2D eigenvalue weighted by molar-refractivity contribution is 5.87. The van der Waals surface area contributed by atoms with Gasteiger partial charge in [-0.1, -0.05) is 0 Å². The van der Waals surface area contributed by atoms with E-state index in [0.717, 1.165) is 0 Å². The van der Waals surface area contributed by atoms with Gasteiger partial charge in [0, 0.05) is 0 Å². The molecule has 5 heteroatoms. The summed E-state index contributed by atoms with van der Waals surface area (Å²) in [6, 6.07) is 3.05. The smallest absolute Gasteiger partial charge is 0.357 e. The maximum atomic E-state index is 11.2. The van der Waals surface area contributed by atoms with Crippen LogP contribution in [0.3, 0.4) is 0 Å². The largest absolute Gasteiger partial charge is 0.480 e. The van der Waals surface area contributed by atoms with Crippen molar-refractivity contribution in [1.29, 1.82) is 0 Å². The number of carbonyl (C=O) groups excluding carboxylic acids is 1. The van der Waals surface area contributed by atoms with Gasteiger partial charge in [0.2, 0.25) is 5.88 Å². The third-order valence-corrected chi connectivity index (χ3v) is 1.57. The van der Waals surface area contributed by atoms with Crippen LogP contribution in [0.15, 0.2) is 12.1 Å². The number of aromatic nitrogens is 1. The molecule has 1 rings (SSSR count). The highest BCUT2D eigenvalue weighted by Crippen LogP contribution is 2.17. The van der Waals surface area contributed by atoms with Gasteiger partial charge >= 0.3 is 5.97 Å². The number of methoxy groups -OCH3 is 1. The minimum Gasteiger partial charge on any atom is -0.480 e. The number of ether oxygens (including phenoxy) is 2. The number of hydrogen-bond acceptors (Lipinski definition) is 5. The monoisotopic (exact) mass is 196 g/mol. The molecular formula is C9H12N2O3. The Labute approximate surface area is 81.8 Å². The molecule has 0 aliphatic carbocycles. The molecule has 0 unspecified atom stereocenters. The van der Waals surface area contributed by atoms with Crippen LogP contribution in [0.2, 0.25) is 0 Å². The molecule has 14 heavy (non-hydrogen) atoms. The van der Waals surface area contributed by atoms with Gasteiger partial charge in [-0.05, 0) is 19.1 Å². The lowest BCUT2D eigenvalue weighted by atomic mass is 10.3. The number of carbonyl (C=O) groups is 1. The number of hydrogen-bond donors (Lipinski definition) is 1. The summed E-state index contributed by atoms with van der Waals surface area (Å²) in [5.74, 6) is -0.249. The summed E-state index contributed by atoms with van der Waals surface area (Å²) in [5.41, 5.74) is 6.12. The third kappa shape index (κ3) is 2.12. The molecule has 0 fully saturated rings. The first-order valence-corrected chi connectivity index (χ1v) is 4.16. The molecule has 0 spiro atoms. The summed E-state index contributed by atoms with van der Waals surface area (Å²) in [4.78, 5) is 15.1. The van der Waals surface area contributed by atoms with Gasteiger partial charge in [-0.15, -0.1) is 0 Å². The minimum absolute atomic E-state index is 0.193. The topological polar surface area (TPSA) is 74.4 Å². The van der Waals surface area contributed by atoms with Gasteiger partial charge in [-0.3, -0.25) is 0 Å². The summed E-state index contributed by atoms with van der Waals surface area (Å²) in [5, 5.41) is 0. The fraction of sp³-hybridized carbons (Fsp3) is 0.333. The second kappa shape index (κ2) is 4.45. The van der Waals surface area contributed by atoms with E-state index in [9.17, 15) is 4.79 Å². The fourth-order valence-electron chi connectivity index (χ4n) is 0.933. The zero-order chi connectivity index (χ0) is 10.6. The lowest BCUT2D eigenvalue weighted by Gasteiger charge is -2.05. The molecule has 0 atom stereocenters. The molecule has 0 amide bonds. The molecule has 1 heterocycles. The average molecular weight is 196 g/mol. The van der Waals surface area contributed by atoms with Gasteiger partial charge in [0.25, 0.3) is 0 Å². The number of nitrogen functional groups attached to an aromatic ring is 1. The molecular weight excluding hydrogens is 184 g/mol. The predicted molar refractivity (Wildman–Crippen MR) is 51.2 cm³/mol. The molecule has 0 aliphatic heterocycles. The Hall–Kier alpha value is -1.78. The first-order chi connectivity index (χ1) is 6.69. The molecule has 2 N–H and O–H groups in total. The first kappa shape index (κ1) is 10.3. The van der Waals surface area contributed by atoms with E-state index in [2.05, 4.69) is 4.98 Å². The lowest BCUT2D eigenvalue weighted by molar-refractivity contribution is 0.0518. The number of nitrogens with zero attached hydrogens (tertiary/aromatic N) is 1. The second-order valence-electron chi connectivity index (χ2n) is 2.52. The van der Waals surface area contributed by atoms with Gasteiger partial charge in [-0.2, -0.15) is 0 Å². The highest BCUT2D eigenvalue weighted by Gasteiger charge is 2.10. The zero-order valence-corrected chi connectivity index (χ0v) is 8.11. The van der Waals surface area contributed by atoms with E-state index in [1.165, 1.54) is 13.2 Å². The van der Waals surface area contributed by atoms with Crippen LogP contribution in [-0.2, 0) is 4.74 Å². The van der Waals surface area contributed by atoms with E-state index in [4.69, 9.17) is 15.2 Å². The van der Waals surface area contributed by atoms with Crippen LogP contribution in [0.1, 0.15) is 17.4 Å². The molecule has 0 saturated heterocycles. The SMILES string of the molecule is CCOC(=O)c1ccc(N)c(OC)n1. The van der Waals surface area contributed by atoms with Crippen molar-refractivity contribution in [2.24, 2.45) is 0 Å². The summed E-state index contributed by atoms with van der Waals surface area (Å²) < 4.78 is 9.64.